The van der Waals surface area contributed by atoms with Gasteiger partial charge < -0.3 is 5.73 Å². The van der Waals surface area contributed by atoms with E-state index in [1.807, 2.05) is 6.07 Å². The van der Waals surface area contributed by atoms with Gasteiger partial charge in [0.25, 0.3) is 0 Å². The predicted octanol–water partition coefficient (Wildman–Crippen LogP) is 2.59. The molecule has 0 saturated carbocycles. The fourth-order valence-corrected chi connectivity index (χ4v) is 5.15. The lowest BCUT2D eigenvalue weighted by molar-refractivity contribution is 0.506. The Morgan fingerprint density at radius 2 is 1.81 bits per heavy atom. The van der Waals surface area contributed by atoms with Gasteiger partial charge in [0.05, 0.1) is 4.90 Å². The van der Waals surface area contributed by atoms with E-state index in [0.717, 1.165) is 48.4 Å². The molecule has 3 N–H and O–H groups in total. The van der Waals surface area contributed by atoms with Crippen LogP contribution in [0.4, 0.5) is 10.1 Å². The number of aryl methyl sites for hydroxylation is 1. The standard InChI is InChI=1S/C17H19FN2O4S2.ClH/c1-25(21,22)17-8-6-13(10-15(17)18)26(23,24)20-16-4-2-3-11-9-12(19)5-7-14(11)16;/h5-10,16,20H,2-4,19H2,1H3;1H. The van der Waals surface area contributed by atoms with E-state index >= 15 is 0 Å². The number of nitrogens with two attached hydrogens (primary N) is 1. The summed E-state index contributed by atoms with van der Waals surface area (Å²) in [6, 6.07) is 7.68. The maximum absolute atomic E-state index is 14.1. The van der Waals surface area contributed by atoms with Gasteiger partial charge >= 0.3 is 0 Å². The van der Waals surface area contributed by atoms with E-state index in [0.29, 0.717) is 12.1 Å². The van der Waals surface area contributed by atoms with Crippen LogP contribution < -0.4 is 10.5 Å². The van der Waals surface area contributed by atoms with Gasteiger partial charge in [-0.05, 0) is 60.7 Å². The first-order valence-corrected chi connectivity index (χ1v) is 11.4. The lowest BCUT2D eigenvalue weighted by atomic mass is 9.88. The van der Waals surface area contributed by atoms with E-state index in [9.17, 15) is 21.2 Å². The molecule has 2 aromatic rings. The molecule has 1 atom stereocenters. The van der Waals surface area contributed by atoms with Gasteiger partial charge in [-0.3, -0.25) is 0 Å². The fourth-order valence-electron chi connectivity index (χ4n) is 3.16. The lowest BCUT2D eigenvalue weighted by Crippen LogP contribution is -2.31. The number of nitrogens with one attached hydrogen (secondary N) is 1. The zero-order valence-electron chi connectivity index (χ0n) is 14.5. The average Bonchev–Trinajstić information content (AvgIpc) is 2.53. The van der Waals surface area contributed by atoms with Gasteiger partial charge in [-0.1, -0.05) is 6.07 Å². The smallest absolute Gasteiger partial charge is 0.241 e. The number of hydrogen-bond donors (Lipinski definition) is 2. The third-order valence-electron chi connectivity index (χ3n) is 4.39. The Hall–Kier alpha value is -1.68. The van der Waals surface area contributed by atoms with Crippen molar-refractivity contribution in [3.05, 3.63) is 53.3 Å². The first-order chi connectivity index (χ1) is 12.1. The molecular weight excluding hydrogens is 415 g/mol. The Morgan fingerprint density at radius 3 is 2.44 bits per heavy atom. The summed E-state index contributed by atoms with van der Waals surface area (Å²) >= 11 is 0. The quantitative estimate of drug-likeness (QED) is 0.719. The summed E-state index contributed by atoms with van der Waals surface area (Å²) in [5.41, 5.74) is 8.24. The number of sulfonamides is 1. The molecule has 0 amide bonds. The summed E-state index contributed by atoms with van der Waals surface area (Å²) in [6.07, 6.45) is 3.09. The highest BCUT2D eigenvalue weighted by atomic mass is 35.5. The van der Waals surface area contributed by atoms with Gasteiger partial charge in [-0.15, -0.1) is 12.4 Å². The van der Waals surface area contributed by atoms with Crippen LogP contribution in [0.2, 0.25) is 0 Å². The van der Waals surface area contributed by atoms with Crippen LogP contribution in [0.3, 0.4) is 0 Å². The van der Waals surface area contributed by atoms with Gasteiger partial charge in [0, 0.05) is 18.0 Å². The van der Waals surface area contributed by atoms with Crippen molar-refractivity contribution in [3.8, 4) is 0 Å². The summed E-state index contributed by atoms with van der Waals surface area (Å²) < 4.78 is 64.9. The van der Waals surface area contributed by atoms with Crippen LogP contribution in [-0.2, 0) is 26.3 Å². The van der Waals surface area contributed by atoms with Crippen molar-refractivity contribution in [1.82, 2.24) is 4.72 Å². The van der Waals surface area contributed by atoms with Crippen molar-refractivity contribution in [3.63, 3.8) is 0 Å². The Kier molecular flexibility index (Phi) is 6.20. The number of anilines is 1. The Balaban J connectivity index is 0.00000261. The van der Waals surface area contributed by atoms with Crippen molar-refractivity contribution < 1.29 is 21.2 Å². The average molecular weight is 435 g/mol. The lowest BCUT2D eigenvalue weighted by Gasteiger charge is -2.26. The summed E-state index contributed by atoms with van der Waals surface area (Å²) in [7, 11) is -7.78. The third kappa shape index (κ3) is 4.60. The van der Waals surface area contributed by atoms with Crippen LogP contribution in [0.1, 0.15) is 30.0 Å². The minimum atomic E-state index is -4.01. The topological polar surface area (TPSA) is 106 Å². The van der Waals surface area contributed by atoms with E-state index in [2.05, 4.69) is 4.72 Å². The van der Waals surface area contributed by atoms with Crippen molar-refractivity contribution >= 4 is 38.0 Å². The van der Waals surface area contributed by atoms with E-state index in [1.165, 1.54) is 0 Å². The molecule has 10 heteroatoms. The molecule has 1 aliphatic rings. The summed E-state index contributed by atoms with van der Waals surface area (Å²) in [5, 5.41) is 0. The maximum Gasteiger partial charge on any atom is 0.241 e. The molecule has 1 unspecified atom stereocenters. The van der Waals surface area contributed by atoms with Crippen molar-refractivity contribution in [2.75, 3.05) is 12.0 Å². The zero-order chi connectivity index (χ0) is 19.1. The van der Waals surface area contributed by atoms with Gasteiger partial charge in [0.2, 0.25) is 10.0 Å². The molecule has 0 aliphatic heterocycles. The Bertz CT molecular complexity index is 1070. The maximum atomic E-state index is 14.1. The predicted molar refractivity (Wildman–Crippen MR) is 104 cm³/mol. The van der Waals surface area contributed by atoms with E-state index < -0.39 is 36.6 Å². The van der Waals surface area contributed by atoms with Gasteiger partial charge in [-0.2, -0.15) is 0 Å². The van der Waals surface area contributed by atoms with Crippen LogP contribution in [0, 0.1) is 5.82 Å². The van der Waals surface area contributed by atoms with Crippen LogP contribution in [0.5, 0.6) is 0 Å². The number of hydrogen-bond acceptors (Lipinski definition) is 5. The molecule has 27 heavy (non-hydrogen) atoms. The molecule has 148 valence electrons. The first kappa shape index (κ1) is 21.6. The summed E-state index contributed by atoms with van der Waals surface area (Å²) in [4.78, 5) is -0.847. The Morgan fingerprint density at radius 1 is 1.11 bits per heavy atom. The second-order valence-corrected chi connectivity index (χ2v) is 10.1. The van der Waals surface area contributed by atoms with Crippen LogP contribution in [0.15, 0.2) is 46.2 Å². The summed E-state index contributed by atoms with van der Waals surface area (Å²) in [6.45, 7) is 0. The molecule has 0 heterocycles. The fraction of sp³-hybridized carbons (Fsp3) is 0.294. The number of halogens is 2. The molecule has 1 aliphatic carbocycles. The van der Waals surface area contributed by atoms with Crippen LogP contribution in [-0.4, -0.2) is 23.1 Å². The molecule has 0 aromatic heterocycles. The van der Waals surface area contributed by atoms with Crippen LogP contribution >= 0.6 is 12.4 Å². The molecular formula is C17H20ClFN2O4S2. The molecule has 0 radical (unpaired) electrons. The Labute approximate surface area is 164 Å². The minimum Gasteiger partial charge on any atom is -0.399 e. The SMILES string of the molecule is CS(=O)(=O)c1ccc(S(=O)(=O)NC2CCCc3cc(N)ccc32)cc1F.Cl. The van der Waals surface area contributed by atoms with Gasteiger partial charge in [0.1, 0.15) is 10.7 Å². The first-order valence-electron chi connectivity index (χ1n) is 7.98. The van der Waals surface area contributed by atoms with Crippen LogP contribution in [0.25, 0.3) is 0 Å². The van der Waals surface area contributed by atoms with Crippen molar-refractivity contribution in [2.45, 2.75) is 35.1 Å². The second-order valence-electron chi connectivity index (χ2n) is 6.39. The highest BCUT2D eigenvalue weighted by Crippen LogP contribution is 2.32. The van der Waals surface area contributed by atoms with E-state index in [1.54, 1.807) is 12.1 Å². The summed E-state index contributed by atoms with van der Waals surface area (Å²) in [5.74, 6) is -1.09. The highest BCUT2D eigenvalue weighted by molar-refractivity contribution is 7.90. The minimum absolute atomic E-state index is 0. The highest BCUT2D eigenvalue weighted by Gasteiger charge is 2.27. The third-order valence-corrected chi connectivity index (χ3v) is 6.99. The second kappa shape index (κ2) is 7.75. The molecule has 0 spiro atoms. The van der Waals surface area contributed by atoms with E-state index in [-0.39, 0.29) is 17.3 Å². The van der Waals surface area contributed by atoms with Crippen molar-refractivity contribution in [1.29, 1.82) is 0 Å². The molecule has 0 bridgehead atoms. The molecule has 6 nitrogen and oxygen atoms in total. The molecule has 3 rings (SSSR count). The largest absolute Gasteiger partial charge is 0.399 e. The normalized spacial score (nSPS) is 17.0. The number of nitrogen functional groups attached to an aromatic ring is 1. The van der Waals surface area contributed by atoms with Gasteiger partial charge in [-0.25, -0.2) is 25.9 Å². The van der Waals surface area contributed by atoms with Crippen molar-refractivity contribution in [2.24, 2.45) is 0 Å². The van der Waals surface area contributed by atoms with Gasteiger partial charge in [0.15, 0.2) is 9.84 Å². The zero-order valence-corrected chi connectivity index (χ0v) is 16.9. The molecule has 0 fully saturated rings. The number of benzene rings is 2. The number of rotatable bonds is 4. The van der Waals surface area contributed by atoms with E-state index in [4.69, 9.17) is 5.73 Å². The monoisotopic (exact) mass is 434 g/mol. The number of sulfone groups is 1. The molecule has 0 saturated heterocycles. The molecule has 2 aromatic carbocycles. The number of fused-ring (bicyclic) bond motifs is 1.